The third-order valence-corrected chi connectivity index (χ3v) is 5.66. The molecule has 1 saturated carbocycles. The first-order valence-corrected chi connectivity index (χ1v) is 9.39. The maximum atomic E-state index is 13.0. The molecule has 3 unspecified atom stereocenters. The second-order valence-electron chi connectivity index (χ2n) is 7.29. The minimum absolute atomic E-state index is 0.000333. The Labute approximate surface area is 153 Å². The number of hydrogen-bond donors (Lipinski definition) is 1. The Morgan fingerprint density at radius 2 is 2.04 bits per heavy atom. The number of aromatic nitrogens is 3. The number of nitrogens with one attached hydrogen (secondary N) is 1. The Hall–Kier alpha value is -2.44. The summed E-state index contributed by atoms with van der Waals surface area (Å²) in [6.45, 7) is 4.09. The average molecular weight is 355 g/mol. The minimum atomic E-state index is -0.234. The van der Waals surface area contributed by atoms with Crippen molar-refractivity contribution in [2.75, 3.05) is 4.90 Å². The molecule has 3 heterocycles. The summed E-state index contributed by atoms with van der Waals surface area (Å²) in [5.41, 5.74) is 0.862. The van der Waals surface area contributed by atoms with Crippen LogP contribution in [0.5, 0.6) is 0 Å². The van der Waals surface area contributed by atoms with Gasteiger partial charge in [-0.15, -0.1) is 0 Å². The van der Waals surface area contributed by atoms with E-state index in [1.54, 1.807) is 18.5 Å². The van der Waals surface area contributed by atoms with E-state index in [4.69, 9.17) is 4.42 Å². The molecule has 26 heavy (non-hydrogen) atoms. The van der Waals surface area contributed by atoms with Gasteiger partial charge >= 0.3 is 0 Å². The Balaban J connectivity index is 1.51. The lowest BCUT2D eigenvalue weighted by Gasteiger charge is -2.33. The molecule has 138 valence electrons. The molecule has 1 amide bonds. The van der Waals surface area contributed by atoms with Gasteiger partial charge in [-0.1, -0.05) is 12.8 Å². The zero-order valence-corrected chi connectivity index (χ0v) is 15.3. The number of aryl methyl sites for hydroxylation is 2. The molecule has 1 N–H and O–H groups in total. The van der Waals surface area contributed by atoms with E-state index in [9.17, 15) is 4.79 Å². The summed E-state index contributed by atoms with van der Waals surface area (Å²) in [5.74, 6) is 2.53. The van der Waals surface area contributed by atoms with Gasteiger partial charge in [0.25, 0.3) is 0 Å². The summed E-state index contributed by atoms with van der Waals surface area (Å²) in [7, 11) is 0. The van der Waals surface area contributed by atoms with Crippen LogP contribution in [0.25, 0.3) is 0 Å². The van der Waals surface area contributed by atoms with E-state index >= 15 is 0 Å². The SMILES string of the molecule is Cc1nc(CNC(=O)C2CC3CCCCC3N2c2ncccn2)oc1C. The fourth-order valence-corrected chi connectivity index (χ4v) is 4.30. The van der Waals surface area contributed by atoms with Crippen molar-refractivity contribution in [2.24, 2.45) is 5.92 Å². The van der Waals surface area contributed by atoms with Gasteiger partial charge in [0.15, 0.2) is 0 Å². The number of carbonyl (C=O) groups is 1. The van der Waals surface area contributed by atoms with E-state index in [0.29, 0.717) is 30.3 Å². The van der Waals surface area contributed by atoms with Crippen LogP contribution in [0.1, 0.15) is 49.4 Å². The van der Waals surface area contributed by atoms with Crippen LogP contribution in [0.15, 0.2) is 22.9 Å². The minimum Gasteiger partial charge on any atom is -0.444 e. The summed E-state index contributed by atoms with van der Waals surface area (Å²) in [5, 5.41) is 3.00. The van der Waals surface area contributed by atoms with Crippen molar-refractivity contribution in [3.8, 4) is 0 Å². The van der Waals surface area contributed by atoms with Crippen molar-refractivity contribution < 1.29 is 9.21 Å². The fourth-order valence-electron chi connectivity index (χ4n) is 4.30. The van der Waals surface area contributed by atoms with Gasteiger partial charge in [-0.3, -0.25) is 4.79 Å². The van der Waals surface area contributed by atoms with Crippen molar-refractivity contribution in [2.45, 2.75) is 64.6 Å². The van der Waals surface area contributed by atoms with E-state index in [2.05, 4.69) is 25.2 Å². The predicted molar refractivity (Wildman–Crippen MR) is 96.5 cm³/mol. The number of amides is 1. The van der Waals surface area contributed by atoms with Crippen LogP contribution in [0.3, 0.4) is 0 Å². The maximum absolute atomic E-state index is 13.0. The van der Waals surface area contributed by atoms with E-state index in [1.165, 1.54) is 19.3 Å². The normalized spacial score (nSPS) is 25.2. The number of nitrogens with zero attached hydrogens (tertiary/aromatic N) is 4. The molecule has 2 aromatic rings. The highest BCUT2D eigenvalue weighted by Gasteiger charge is 2.46. The summed E-state index contributed by atoms with van der Waals surface area (Å²) < 4.78 is 5.57. The first-order chi connectivity index (χ1) is 12.6. The third-order valence-electron chi connectivity index (χ3n) is 5.66. The molecular formula is C19H25N5O2. The van der Waals surface area contributed by atoms with Gasteiger partial charge in [0.2, 0.25) is 17.7 Å². The van der Waals surface area contributed by atoms with Gasteiger partial charge in [-0.05, 0) is 45.1 Å². The molecule has 2 aliphatic rings. The van der Waals surface area contributed by atoms with Gasteiger partial charge in [-0.2, -0.15) is 0 Å². The van der Waals surface area contributed by atoms with Crippen LogP contribution in [0, 0.1) is 19.8 Å². The lowest BCUT2D eigenvalue weighted by Crippen LogP contribution is -2.47. The average Bonchev–Trinajstić information content (AvgIpc) is 3.20. The summed E-state index contributed by atoms with van der Waals surface area (Å²) in [6.07, 6.45) is 9.07. The topological polar surface area (TPSA) is 84.2 Å². The van der Waals surface area contributed by atoms with Crippen LogP contribution in [-0.4, -0.2) is 32.9 Å². The number of fused-ring (bicyclic) bond motifs is 1. The van der Waals surface area contributed by atoms with Crippen LogP contribution in [-0.2, 0) is 11.3 Å². The molecule has 4 rings (SSSR count). The highest BCUT2D eigenvalue weighted by molar-refractivity contribution is 5.85. The lowest BCUT2D eigenvalue weighted by molar-refractivity contribution is -0.122. The number of carbonyl (C=O) groups excluding carboxylic acids is 1. The van der Waals surface area contributed by atoms with Crippen molar-refractivity contribution in [3.05, 3.63) is 35.8 Å². The van der Waals surface area contributed by atoms with Gasteiger partial charge in [-0.25, -0.2) is 15.0 Å². The molecule has 1 aliphatic heterocycles. The van der Waals surface area contributed by atoms with Gasteiger partial charge in [0, 0.05) is 18.4 Å². The highest BCUT2D eigenvalue weighted by atomic mass is 16.4. The summed E-state index contributed by atoms with van der Waals surface area (Å²) >= 11 is 0. The number of rotatable bonds is 4. The van der Waals surface area contributed by atoms with Gasteiger partial charge in [0.05, 0.1) is 12.2 Å². The smallest absolute Gasteiger partial charge is 0.243 e. The maximum Gasteiger partial charge on any atom is 0.243 e. The van der Waals surface area contributed by atoms with Gasteiger partial charge < -0.3 is 14.6 Å². The monoisotopic (exact) mass is 355 g/mol. The molecule has 2 aromatic heterocycles. The quantitative estimate of drug-likeness (QED) is 0.907. The zero-order valence-electron chi connectivity index (χ0n) is 15.3. The molecule has 0 aromatic carbocycles. The van der Waals surface area contributed by atoms with E-state index < -0.39 is 0 Å². The summed E-state index contributed by atoms with van der Waals surface area (Å²) in [4.78, 5) is 28.3. The van der Waals surface area contributed by atoms with Crippen LogP contribution < -0.4 is 10.2 Å². The summed E-state index contributed by atoms with van der Waals surface area (Å²) in [6, 6.07) is 1.93. The largest absolute Gasteiger partial charge is 0.444 e. The number of oxazole rings is 1. The second-order valence-corrected chi connectivity index (χ2v) is 7.29. The Kier molecular flexibility index (Phi) is 4.61. The standard InChI is InChI=1S/C19H25N5O2/c1-12-13(2)26-17(23-12)11-22-18(25)16-10-14-6-3-4-7-15(14)24(16)19-20-8-5-9-21-19/h5,8-9,14-16H,3-4,6-7,10-11H2,1-2H3,(H,22,25). The fraction of sp³-hybridized carbons (Fsp3) is 0.579. The Morgan fingerprint density at radius 1 is 1.27 bits per heavy atom. The highest BCUT2D eigenvalue weighted by Crippen LogP contribution is 2.41. The van der Waals surface area contributed by atoms with Crippen molar-refractivity contribution >= 4 is 11.9 Å². The molecule has 1 saturated heterocycles. The first kappa shape index (κ1) is 17.0. The van der Waals surface area contributed by atoms with Crippen molar-refractivity contribution in [1.29, 1.82) is 0 Å². The Bertz CT molecular complexity index is 756. The molecule has 1 aliphatic carbocycles. The first-order valence-electron chi connectivity index (χ1n) is 9.39. The number of hydrogen-bond acceptors (Lipinski definition) is 6. The van der Waals surface area contributed by atoms with E-state index in [1.807, 2.05) is 13.8 Å². The van der Waals surface area contributed by atoms with E-state index in [-0.39, 0.29) is 11.9 Å². The Morgan fingerprint density at radius 3 is 2.77 bits per heavy atom. The predicted octanol–water partition coefficient (Wildman–Crippen LogP) is 2.54. The van der Waals surface area contributed by atoms with Gasteiger partial charge in [0.1, 0.15) is 11.8 Å². The molecule has 7 heteroatoms. The molecule has 0 radical (unpaired) electrons. The second kappa shape index (κ2) is 7.05. The molecule has 3 atom stereocenters. The lowest BCUT2D eigenvalue weighted by atomic mass is 9.85. The van der Waals surface area contributed by atoms with E-state index in [0.717, 1.165) is 24.3 Å². The third kappa shape index (κ3) is 3.18. The molecule has 0 bridgehead atoms. The van der Waals surface area contributed by atoms with Crippen molar-refractivity contribution in [1.82, 2.24) is 20.3 Å². The molecule has 2 fully saturated rings. The molecular weight excluding hydrogens is 330 g/mol. The molecule has 7 nitrogen and oxygen atoms in total. The number of anilines is 1. The van der Waals surface area contributed by atoms with Crippen LogP contribution >= 0.6 is 0 Å². The van der Waals surface area contributed by atoms with Crippen molar-refractivity contribution in [3.63, 3.8) is 0 Å². The van der Waals surface area contributed by atoms with Crippen LogP contribution in [0.4, 0.5) is 5.95 Å². The van der Waals surface area contributed by atoms with Crippen LogP contribution in [0.2, 0.25) is 0 Å². The zero-order chi connectivity index (χ0) is 18.1. The molecule has 0 spiro atoms.